The van der Waals surface area contributed by atoms with Crippen molar-refractivity contribution in [1.82, 2.24) is 14.9 Å². The second-order valence-corrected chi connectivity index (χ2v) is 8.86. The smallest absolute Gasteiger partial charge is 0.224 e. The van der Waals surface area contributed by atoms with Crippen molar-refractivity contribution in [2.45, 2.75) is 25.4 Å². The lowest BCUT2D eigenvalue weighted by atomic mass is 9.98. The number of nitrogens with zero attached hydrogens (tertiary/aromatic N) is 3. The minimum absolute atomic E-state index is 0.0743. The first-order valence-corrected chi connectivity index (χ1v) is 12.2. The van der Waals surface area contributed by atoms with Crippen LogP contribution in [0.1, 0.15) is 36.7 Å². The summed E-state index contributed by atoms with van der Waals surface area (Å²) in [6.45, 7) is 1.81. The summed E-state index contributed by atoms with van der Waals surface area (Å²) in [6, 6.07) is 23.6. The second kappa shape index (κ2) is 10.2. The number of anilines is 2. The highest BCUT2D eigenvalue weighted by atomic mass is 32.1. The summed E-state index contributed by atoms with van der Waals surface area (Å²) >= 11 is 5.85. The van der Waals surface area contributed by atoms with Gasteiger partial charge >= 0.3 is 0 Å². The molecule has 182 valence electrons. The molecule has 2 atom stereocenters. The number of para-hydroxylation sites is 1. The molecule has 1 aliphatic heterocycles. The van der Waals surface area contributed by atoms with Crippen LogP contribution in [0, 0.1) is 0 Å². The Hall–Kier alpha value is -4.17. The fourth-order valence-electron chi connectivity index (χ4n) is 4.49. The molecule has 0 spiro atoms. The Morgan fingerprint density at radius 2 is 1.89 bits per heavy atom. The summed E-state index contributed by atoms with van der Waals surface area (Å²) in [7, 11) is 1.59. The van der Waals surface area contributed by atoms with E-state index in [9.17, 15) is 4.79 Å². The SMILES string of the molecule is CCC(=O)Nc1ccc(N2C(=S)N[C@@H](c3ccccn3)[C@H]2c2ccn(-c3ccccc3)c2)cc1OC. The minimum atomic E-state index is -0.157. The van der Waals surface area contributed by atoms with E-state index in [1.54, 1.807) is 13.3 Å². The van der Waals surface area contributed by atoms with Gasteiger partial charge in [-0.2, -0.15) is 0 Å². The van der Waals surface area contributed by atoms with Crippen LogP contribution < -0.4 is 20.3 Å². The first kappa shape index (κ1) is 23.6. The molecule has 1 amide bonds. The Morgan fingerprint density at radius 1 is 1.08 bits per heavy atom. The Morgan fingerprint density at radius 3 is 2.61 bits per heavy atom. The standard InChI is InChI=1S/C28H27N5O2S/c1-3-25(34)30-22-13-12-21(17-24(22)35-2)33-27(26(31-28(33)36)23-11-7-8-15-29-23)19-14-16-32(18-19)20-9-5-4-6-10-20/h4-18,26-27H,3H2,1-2H3,(H,30,34)(H,31,36)/t26-,27+/m0/s1. The number of benzene rings is 2. The number of rotatable bonds is 7. The molecule has 0 aliphatic carbocycles. The van der Waals surface area contributed by atoms with Crippen molar-refractivity contribution in [3.05, 3.63) is 103 Å². The molecule has 2 aromatic carbocycles. The lowest BCUT2D eigenvalue weighted by Gasteiger charge is -2.28. The predicted octanol–water partition coefficient (Wildman–Crippen LogP) is 5.41. The number of nitrogens with one attached hydrogen (secondary N) is 2. The van der Waals surface area contributed by atoms with Crippen LogP contribution in [-0.4, -0.2) is 27.7 Å². The molecule has 7 nitrogen and oxygen atoms in total. The van der Waals surface area contributed by atoms with Crippen molar-refractivity contribution in [2.24, 2.45) is 0 Å². The molecule has 3 heterocycles. The van der Waals surface area contributed by atoms with Gasteiger partial charge < -0.3 is 24.8 Å². The first-order valence-electron chi connectivity index (χ1n) is 11.8. The zero-order valence-electron chi connectivity index (χ0n) is 20.1. The summed E-state index contributed by atoms with van der Waals surface area (Å²) in [4.78, 5) is 18.7. The van der Waals surface area contributed by atoms with Crippen LogP contribution in [0.25, 0.3) is 5.69 Å². The van der Waals surface area contributed by atoms with E-state index >= 15 is 0 Å². The van der Waals surface area contributed by atoms with Gasteiger partial charge in [0.2, 0.25) is 5.91 Å². The highest BCUT2D eigenvalue weighted by Crippen LogP contribution is 2.43. The molecule has 2 N–H and O–H groups in total. The van der Waals surface area contributed by atoms with Gasteiger partial charge in [-0.05, 0) is 60.2 Å². The highest BCUT2D eigenvalue weighted by molar-refractivity contribution is 7.80. The first-order chi connectivity index (χ1) is 17.6. The molecule has 4 aromatic rings. The molecular formula is C28H27N5O2S. The fourth-order valence-corrected chi connectivity index (χ4v) is 4.84. The van der Waals surface area contributed by atoms with E-state index in [2.05, 4.69) is 55.7 Å². The maximum Gasteiger partial charge on any atom is 0.224 e. The van der Waals surface area contributed by atoms with Gasteiger partial charge in [-0.25, -0.2) is 0 Å². The molecule has 8 heteroatoms. The Labute approximate surface area is 215 Å². The maximum atomic E-state index is 12.0. The normalized spacial score (nSPS) is 17.1. The number of methoxy groups -OCH3 is 1. The van der Waals surface area contributed by atoms with E-state index in [0.717, 1.165) is 22.6 Å². The summed E-state index contributed by atoms with van der Waals surface area (Å²) in [5.41, 5.74) is 4.55. The number of hydrogen-bond acceptors (Lipinski definition) is 4. The van der Waals surface area contributed by atoms with E-state index in [1.807, 2.05) is 61.5 Å². The van der Waals surface area contributed by atoms with Gasteiger partial charge in [-0.1, -0.05) is 31.2 Å². The summed E-state index contributed by atoms with van der Waals surface area (Å²) in [5, 5.41) is 6.97. The van der Waals surface area contributed by atoms with Crippen LogP contribution in [0.2, 0.25) is 0 Å². The number of amides is 1. The van der Waals surface area contributed by atoms with Crippen molar-refractivity contribution in [1.29, 1.82) is 0 Å². The van der Waals surface area contributed by atoms with Gasteiger partial charge in [-0.15, -0.1) is 0 Å². The number of carbonyl (C=O) groups excluding carboxylic acids is 1. The maximum absolute atomic E-state index is 12.0. The van der Waals surface area contributed by atoms with Gasteiger partial charge in [0.05, 0.1) is 30.6 Å². The lowest BCUT2D eigenvalue weighted by Crippen LogP contribution is -2.29. The third-order valence-electron chi connectivity index (χ3n) is 6.27. The topological polar surface area (TPSA) is 71.4 Å². The molecule has 36 heavy (non-hydrogen) atoms. The zero-order valence-corrected chi connectivity index (χ0v) is 20.9. The van der Waals surface area contributed by atoms with E-state index in [4.69, 9.17) is 17.0 Å². The van der Waals surface area contributed by atoms with Crippen molar-refractivity contribution in [3.8, 4) is 11.4 Å². The monoisotopic (exact) mass is 497 g/mol. The van der Waals surface area contributed by atoms with Crippen LogP contribution in [0.5, 0.6) is 5.75 Å². The van der Waals surface area contributed by atoms with Crippen molar-refractivity contribution in [2.75, 3.05) is 17.3 Å². The van der Waals surface area contributed by atoms with Crippen LogP contribution in [0.4, 0.5) is 11.4 Å². The van der Waals surface area contributed by atoms with Crippen LogP contribution >= 0.6 is 12.2 Å². The van der Waals surface area contributed by atoms with Crippen molar-refractivity contribution in [3.63, 3.8) is 0 Å². The highest BCUT2D eigenvalue weighted by Gasteiger charge is 2.41. The molecule has 2 aromatic heterocycles. The molecule has 0 saturated carbocycles. The quantitative estimate of drug-likeness (QED) is 0.333. The average molecular weight is 498 g/mol. The van der Waals surface area contributed by atoms with Crippen LogP contribution in [-0.2, 0) is 4.79 Å². The molecule has 1 fully saturated rings. The van der Waals surface area contributed by atoms with Crippen LogP contribution in [0.3, 0.4) is 0 Å². The number of hydrogen-bond donors (Lipinski definition) is 2. The van der Waals surface area contributed by atoms with E-state index in [1.165, 1.54) is 0 Å². The van der Waals surface area contributed by atoms with Gasteiger partial charge in [0, 0.05) is 42.5 Å². The van der Waals surface area contributed by atoms with E-state index < -0.39 is 0 Å². The molecule has 0 unspecified atom stereocenters. The van der Waals surface area contributed by atoms with Gasteiger partial charge in [0.25, 0.3) is 0 Å². The zero-order chi connectivity index (χ0) is 25.1. The van der Waals surface area contributed by atoms with Gasteiger partial charge in [0.15, 0.2) is 5.11 Å². The fraction of sp³-hybridized carbons (Fsp3) is 0.179. The van der Waals surface area contributed by atoms with Crippen molar-refractivity contribution >= 4 is 34.6 Å². The van der Waals surface area contributed by atoms with Gasteiger partial charge in [-0.3, -0.25) is 9.78 Å². The van der Waals surface area contributed by atoms with Crippen LogP contribution in [0.15, 0.2) is 91.4 Å². The summed E-state index contributed by atoms with van der Waals surface area (Å²) in [6.07, 6.45) is 6.37. The number of thiocarbonyl (C=S) groups is 1. The van der Waals surface area contributed by atoms with E-state index in [0.29, 0.717) is 23.0 Å². The predicted molar refractivity (Wildman–Crippen MR) is 146 cm³/mol. The second-order valence-electron chi connectivity index (χ2n) is 8.47. The molecule has 1 saturated heterocycles. The Kier molecular flexibility index (Phi) is 6.69. The molecule has 1 aliphatic rings. The molecule has 0 bridgehead atoms. The number of aromatic nitrogens is 2. The molecule has 5 rings (SSSR count). The lowest BCUT2D eigenvalue weighted by molar-refractivity contribution is -0.115. The number of pyridine rings is 1. The van der Waals surface area contributed by atoms with Crippen molar-refractivity contribution < 1.29 is 9.53 Å². The largest absolute Gasteiger partial charge is 0.494 e. The van der Waals surface area contributed by atoms with Gasteiger partial charge in [0.1, 0.15) is 5.75 Å². The molecule has 0 radical (unpaired) electrons. The van der Waals surface area contributed by atoms with E-state index in [-0.39, 0.29) is 18.0 Å². The minimum Gasteiger partial charge on any atom is -0.494 e. The third-order valence-corrected chi connectivity index (χ3v) is 6.58. The summed E-state index contributed by atoms with van der Waals surface area (Å²) in [5.74, 6) is 0.494. The number of ether oxygens (including phenoxy) is 1. The third kappa shape index (κ3) is 4.55. The molecular weight excluding hydrogens is 470 g/mol. The number of carbonyl (C=O) groups is 1. The Balaban J connectivity index is 1.57. The average Bonchev–Trinajstić information content (AvgIpc) is 3.54. The Bertz CT molecular complexity index is 1370. The summed E-state index contributed by atoms with van der Waals surface area (Å²) < 4.78 is 7.72.